The van der Waals surface area contributed by atoms with E-state index in [0.29, 0.717) is 24.3 Å². The Labute approximate surface area is 204 Å². The minimum absolute atomic E-state index is 0.0827. The number of hydroxylamine groups is 1. The van der Waals surface area contributed by atoms with Crippen molar-refractivity contribution in [3.05, 3.63) is 84.4 Å². The molecule has 8 heteroatoms. The zero-order valence-corrected chi connectivity index (χ0v) is 19.5. The lowest BCUT2D eigenvalue weighted by atomic mass is 9.93. The number of rotatable bonds is 11. The molecule has 3 rings (SSSR count). The molecule has 0 aliphatic heterocycles. The van der Waals surface area contributed by atoms with Gasteiger partial charge in [0.2, 0.25) is 0 Å². The number of hydrogen-bond acceptors (Lipinski definition) is 6. The molecule has 3 aromatic rings. The van der Waals surface area contributed by atoms with Crippen LogP contribution in [0.4, 0.5) is 10.5 Å². The van der Waals surface area contributed by atoms with Crippen LogP contribution in [0.3, 0.4) is 0 Å². The van der Waals surface area contributed by atoms with Gasteiger partial charge in [0.15, 0.2) is 0 Å². The maximum absolute atomic E-state index is 12.9. The first kappa shape index (κ1) is 25.7. The third kappa shape index (κ3) is 7.56. The van der Waals surface area contributed by atoms with Gasteiger partial charge in [0.05, 0.1) is 12.3 Å². The van der Waals surface area contributed by atoms with E-state index >= 15 is 0 Å². The highest BCUT2D eigenvalue weighted by Gasteiger charge is 2.24. The average Bonchev–Trinajstić information content (AvgIpc) is 2.89. The Kier molecular flexibility index (Phi) is 9.65. The van der Waals surface area contributed by atoms with Crippen molar-refractivity contribution in [1.82, 2.24) is 5.48 Å². The molecule has 0 aliphatic carbocycles. The predicted octanol–water partition coefficient (Wildman–Crippen LogP) is 4.98. The van der Waals surface area contributed by atoms with Crippen LogP contribution in [0.2, 0.25) is 0 Å². The van der Waals surface area contributed by atoms with E-state index in [4.69, 9.17) is 19.8 Å². The fourth-order valence-electron chi connectivity index (χ4n) is 3.76. The normalized spacial score (nSPS) is 12.8. The Balaban J connectivity index is 1.75. The van der Waals surface area contributed by atoms with Crippen LogP contribution >= 0.6 is 0 Å². The van der Waals surface area contributed by atoms with Crippen LogP contribution < -0.4 is 15.5 Å². The van der Waals surface area contributed by atoms with Gasteiger partial charge in [-0.05, 0) is 47.9 Å². The summed E-state index contributed by atoms with van der Waals surface area (Å²) in [7, 11) is 0. The zero-order valence-electron chi connectivity index (χ0n) is 19.5. The third-order valence-electron chi connectivity index (χ3n) is 5.51. The first-order chi connectivity index (χ1) is 17.0. The molecule has 0 heterocycles. The van der Waals surface area contributed by atoms with Crippen molar-refractivity contribution in [2.45, 2.75) is 25.9 Å². The second kappa shape index (κ2) is 13.1. The van der Waals surface area contributed by atoms with Crippen LogP contribution in [0.1, 0.15) is 31.4 Å². The van der Waals surface area contributed by atoms with Gasteiger partial charge in [0, 0.05) is 11.5 Å². The number of aliphatic hydroxyl groups is 1. The number of amides is 2. The van der Waals surface area contributed by atoms with Crippen LogP contribution in [0, 0.1) is 5.92 Å². The van der Waals surface area contributed by atoms with Gasteiger partial charge >= 0.3 is 6.09 Å². The molecule has 4 N–H and O–H groups in total. The minimum Gasteiger partial charge on any atom is -0.491 e. The SMILES string of the molecule is C[C@H](CC/C=C/C(=O)NO)[C@H](OC(=O)Nc1cccc2ccccc12)c1ccc(OCCO)cc1. The molecule has 8 nitrogen and oxygen atoms in total. The number of anilines is 1. The van der Waals surface area contributed by atoms with E-state index in [-0.39, 0.29) is 19.1 Å². The Morgan fingerprint density at radius 2 is 1.77 bits per heavy atom. The van der Waals surface area contributed by atoms with Crippen molar-refractivity contribution in [1.29, 1.82) is 0 Å². The number of fused-ring (bicyclic) bond motifs is 1. The van der Waals surface area contributed by atoms with Crippen molar-refractivity contribution >= 4 is 28.5 Å². The summed E-state index contributed by atoms with van der Waals surface area (Å²) < 4.78 is 11.3. The number of ether oxygens (including phenoxy) is 2. The zero-order chi connectivity index (χ0) is 25.0. The number of hydrogen-bond donors (Lipinski definition) is 4. The van der Waals surface area contributed by atoms with Crippen molar-refractivity contribution in [2.24, 2.45) is 5.92 Å². The molecule has 0 unspecified atom stereocenters. The fraction of sp³-hybridized carbons (Fsp3) is 0.259. The van der Waals surface area contributed by atoms with E-state index in [0.717, 1.165) is 16.3 Å². The van der Waals surface area contributed by atoms with Crippen LogP contribution in [0.15, 0.2) is 78.9 Å². The highest BCUT2D eigenvalue weighted by atomic mass is 16.6. The first-order valence-corrected chi connectivity index (χ1v) is 11.4. The smallest absolute Gasteiger partial charge is 0.412 e. The van der Waals surface area contributed by atoms with Gasteiger partial charge in [0.25, 0.3) is 5.91 Å². The summed E-state index contributed by atoms with van der Waals surface area (Å²) in [6.07, 6.45) is 2.96. The largest absolute Gasteiger partial charge is 0.491 e. The molecule has 2 amide bonds. The first-order valence-electron chi connectivity index (χ1n) is 11.4. The lowest BCUT2D eigenvalue weighted by molar-refractivity contribution is -0.124. The summed E-state index contributed by atoms with van der Waals surface area (Å²) in [5.41, 5.74) is 3.00. The molecule has 3 aromatic carbocycles. The van der Waals surface area contributed by atoms with Gasteiger partial charge in [-0.15, -0.1) is 0 Å². The van der Waals surface area contributed by atoms with E-state index in [1.807, 2.05) is 61.5 Å². The summed E-state index contributed by atoms with van der Waals surface area (Å²) in [5.74, 6) is -0.0786. The molecule has 184 valence electrons. The van der Waals surface area contributed by atoms with Crippen molar-refractivity contribution in [3.8, 4) is 5.75 Å². The fourth-order valence-corrected chi connectivity index (χ4v) is 3.76. The third-order valence-corrected chi connectivity index (χ3v) is 5.51. The van der Waals surface area contributed by atoms with E-state index < -0.39 is 18.1 Å². The maximum atomic E-state index is 12.9. The van der Waals surface area contributed by atoms with Gasteiger partial charge in [-0.3, -0.25) is 15.3 Å². The molecule has 0 saturated carbocycles. The summed E-state index contributed by atoms with van der Waals surface area (Å²) in [6, 6.07) is 20.6. The van der Waals surface area contributed by atoms with Gasteiger partial charge in [-0.1, -0.05) is 61.5 Å². The van der Waals surface area contributed by atoms with Gasteiger partial charge in [0.1, 0.15) is 18.5 Å². The Morgan fingerprint density at radius 1 is 1.03 bits per heavy atom. The number of allylic oxidation sites excluding steroid dienone is 1. The maximum Gasteiger partial charge on any atom is 0.412 e. The number of benzene rings is 3. The number of nitrogens with one attached hydrogen (secondary N) is 2. The van der Waals surface area contributed by atoms with Gasteiger partial charge in [-0.25, -0.2) is 10.3 Å². The summed E-state index contributed by atoms with van der Waals surface area (Å²) in [5, 5.41) is 22.3. The lowest BCUT2D eigenvalue weighted by Gasteiger charge is -2.25. The molecule has 0 radical (unpaired) electrons. The average molecular weight is 479 g/mol. The van der Waals surface area contributed by atoms with Crippen molar-refractivity contribution in [3.63, 3.8) is 0 Å². The predicted molar refractivity (Wildman–Crippen MR) is 133 cm³/mol. The van der Waals surface area contributed by atoms with Crippen LogP contribution in [0.25, 0.3) is 10.8 Å². The lowest BCUT2D eigenvalue weighted by Crippen LogP contribution is -2.22. The van der Waals surface area contributed by atoms with Crippen molar-refractivity contribution in [2.75, 3.05) is 18.5 Å². The monoisotopic (exact) mass is 478 g/mol. The Bertz CT molecular complexity index is 1140. The number of carbonyl (C=O) groups is 2. The van der Waals surface area contributed by atoms with Crippen LogP contribution in [-0.2, 0) is 9.53 Å². The van der Waals surface area contributed by atoms with Gasteiger partial charge in [-0.2, -0.15) is 0 Å². The highest BCUT2D eigenvalue weighted by Crippen LogP contribution is 2.32. The van der Waals surface area contributed by atoms with E-state index in [2.05, 4.69) is 5.32 Å². The highest BCUT2D eigenvalue weighted by molar-refractivity contribution is 6.00. The molecule has 0 saturated heterocycles. The van der Waals surface area contributed by atoms with Gasteiger partial charge < -0.3 is 14.6 Å². The standard InChI is InChI=1S/C27H30N2O6/c1-19(7-2-5-12-25(31)29-33)26(21-13-15-22(16-14-21)34-18-17-30)35-27(32)28-24-11-6-9-20-8-3-4-10-23(20)24/h3-6,8-16,19,26,30,33H,2,7,17-18H2,1H3,(H,28,32)(H,29,31)/b12-5+/t19-,26+/m1/s1. The minimum atomic E-state index is -0.599. The second-order valence-electron chi connectivity index (χ2n) is 8.05. The molecule has 2 atom stereocenters. The number of carbonyl (C=O) groups excluding carboxylic acids is 2. The number of aliphatic hydroxyl groups excluding tert-OH is 1. The Morgan fingerprint density at radius 3 is 2.51 bits per heavy atom. The second-order valence-corrected chi connectivity index (χ2v) is 8.05. The topological polar surface area (TPSA) is 117 Å². The summed E-state index contributed by atoms with van der Waals surface area (Å²) >= 11 is 0. The molecule has 0 aliphatic rings. The van der Waals surface area contributed by atoms with Crippen LogP contribution in [-0.4, -0.2) is 35.5 Å². The molecule has 0 aromatic heterocycles. The quantitative estimate of drug-likeness (QED) is 0.175. The molecule has 0 fully saturated rings. The Hall–Kier alpha value is -3.88. The van der Waals surface area contributed by atoms with E-state index in [9.17, 15) is 9.59 Å². The van der Waals surface area contributed by atoms with Crippen molar-refractivity contribution < 1.29 is 29.4 Å². The van der Waals surface area contributed by atoms with Crippen LogP contribution in [0.5, 0.6) is 5.75 Å². The molecule has 0 bridgehead atoms. The van der Waals surface area contributed by atoms with E-state index in [1.54, 1.807) is 23.7 Å². The molecule has 35 heavy (non-hydrogen) atoms. The van der Waals surface area contributed by atoms with E-state index in [1.165, 1.54) is 6.08 Å². The summed E-state index contributed by atoms with van der Waals surface area (Å²) in [4.78, 5) is 24.1. The summed E-state index contributed by atoms with van der Waals surface area (Å²) in [6.45, 7) is 2.07. The molecular weight excluding hydrogens is 448 g/mol. The molecule has 0 spiro atoms. The molecular formula is C27H30N2O6.